The van der Waals surface area contributed by atoms with Crippen LogP contribution in [0.15, 0.2) is 78.1 Å². The summed E-state index contributed by atoms with van der Waals surface area (Å²) in [7, 11) is -2.18. The molecule has 0 radical (unpaired) electrons. The van der Waals surface area contributed by atoms with Crippen LogP contribution in [0, 0.1) is 11.8 Å². The van der Waals surface area contributed by atoms with E-state index in [2.05, 4.69) is 47.8 Å². The summed E-state index contributed by atoms with van der Waals surface area (Å²) in [4.78, 5) is 33.4. The van der Waals surface area contributed by atoms with Crippen molar-refractivity contribution < 1.29 is 13.2 Å². The third-order valence-electron chi connectivity index (χ3n) is 9.57. The number of aromatic nitrogens is 6. The number of hydrogen-bond donors (Lipinski definition) is 3. The van der Waals surface area contributed by atoms with E-state index in [4.69, 9.17) is 0 Å². The Hall–Kier alpha value is -5.78. The highest BCUT2D eigenvalue weighted by molar-refractivity contribution is 7.90. The van der Waals surface area contributed by atoms with Gasteiger partial charge in [-0.25, -0.2) is 9.50 Å². The van der Waals surface area contributed by atoms with E-state index in [-0.39, 0.29) is 40.5 Å². The molecule has 1 amide bonds. The number of aryl methyl sites for hydroxylation is 1. The first-order chi connectivity index (χ1) is 24.2. The van der Waals surface area contributed by atoms with Gasteiger partial charge in [0.2, 0.25) is 0 Å². The highest BCUT2D eigenvalue weighted by Gasteiger charge is 2.50. The summed E-state index contributed by atoms with van der Waals surface area (Å²) < 4.78 is 35.6. The highest BCUT2D eigenvalue weighted by atomic mass is 32.2. The lowest BCUT2D eigenvalue weighted by Gasteiger charge is -2.25. The molecule has 0 bridgehead atoms. The zero-order valence-electron chi connectivity index (χ0n) is 27.1. The Labute approximate surface area is 286 Å². The smallest absolute Gasteiger partial charge is 0.300 e. The number of amides is 1. The molecular formula is C36H31N9O4S. The lowest BCUT2D eigenvalue weighted by atomic mass is 9.94. The number of benzene rings is 2. The monoisotopic (exact) mass is 685 g/mol. The van der Waals surface area contributed by atoms with Gasteiger partial charge < -0.3 is 5.32 Å². The summed E-state index contributed by atoms with van der Waals surface area (Å²) in [6.45, 7) is 1.84. The fourth-order valence-corrected chi connectivity index (χ4v) is 8.35. The van der Waals surface area contributed by atoms with Crippen molar-refractivity contribution in [3.8, 4) is 17.5 Å². The quantitative estimate of drug-likeness (QED) is 0.207. The first kappa shape index (κ1) is 30.3. The first-order valence-corrected chi connectivity index (χ1v) is 17.9. The predicted octanol–water partition coefficient (Wildman–Crippen LogP) is 3.65. The van der Waals surface area contributed by atoms with Crippen LogP contribution < -0.4 is 20.3 Å². The van der Waals surface area contributed by atoms with Crippen LogP contribution in [0.2, 0.25) is 0 Å². The van der Waals surface area contributed by atoms with Gasteiger partial charge in [0.1, 0.15) is 5.56 Å². The van der Waals surface area contributed by atoms with Gasteiger partial charge in [0.25, 0.3) is 11.5 Å². The molecule has 0 spiro atoms. The molecule has 0 saturated heterocycles. The van der Waals surface area contributed by atoms with Gasteiger partial charge in [-0.15, -0.1) is 5.10 Å². The van der Waals surface area contributed by atoms with Crippen LogP contribution in [-0.2, 0) is 17.3 Å². The van der Waals surface area contributed by atoms with Crippen LogP contribution in [0.5, 0.6) is 0 Å². The molecule has 9 rings (SSSR count). The minimum Gasteiger partial charge on any atom is -0.344 e. The minimum atomic E-state index is -4.00. The average Bonchev–Trinajstić information content (AvgIpc) is 3.97. The minimum absolute atomic E-state index is 0.0256. The van der Waals surface area contributed by atoms with Crippen molar-refractivity contribution >= 4 is 38.4 Å². The molecule has 4 aromatic heterocycles. The number of nitrogens with one attached hydrogen (secondary N) is 3. The van der Waals surface area contributed by atoms with E-state index >= 15 is 0 Å². The van der Waals surface area contributed by atoms with Gasteiger partial charge in [-0.3, -0.25) is 23.6 Å². The molecule has 3 aliphatic rings. The van der Waals surface area contributed by atoms with E-state index in [9.17, 15) is 18.0 Å². The van der Waals surface area contributed by atoms with Crippen molar-refractivity contribution in [2.75, 3.05) is 4.72 Å². The number of carbonyl (C=O) groups is 1. The number of anilines is 1. The van der Waals surface area contributed by atoms with Crippen LogP contribution in [0.4, 0.5) is 5.82 Å². The van der Waals surface area contributed by atoms with Gasteiger partial charge in [0.15, 0.2) is 11.5 Å². The molecule has 3 aliphatic carbocycles. The summed E-state index contributed by atoms with van der Waals surface area (Å²) in [6, 6.07) is 14.2. The summed E-state index contributed by atoms with van der Waals surface area (Å²) in [6.07, 6.45) is 9.06. The third-order valence-corrected chi connectivity index (χ3v) is 10.7. The maximum atomic E-state index is 14.8. The molecule has 13 nitrogen and oxygen atoms in total. The van der Waals surface area contributed by atoms with E-state index in [0.29, 0.717) is 22.3 Å². The van der Waals surface area contributed by atoms with Gasteiger partial charge in [-0.1, -0.05) is 36.1 Å². The van der Waals surface area contributed by atoms with Crippen LogP contribution >= 0.6 is 0 Å². The number of carbonyl (C=O) groups excluding carboxylic acids is 1. The molecule has 2 fully saturated rings. The van der Waals surface area contributed by atoms with E-state index in [0.717, 1.165) is 41.3 Å². The van der Waals surface area contributed by atoms with Crippen molar-refractivity contribution in [1.29, 1.82) is 0 Å². The lowest BCUT2D eigenvalue weighted by Crippen LogP contribution is -2.35. The zero-order valence-corrected chi connectivity index (χ0v) is 27.9. The third kappa shape index (κ3) is 5.05. The molecule has 2 saturated carbocycles. The topological polar surface area (TPSA) is 157 Å². The maximum absolute atomic E-state index is 14.8. The van der Waals surface area contributed by atoms with Crippen molar-refractivity contribution in [2.24, 2.45) is 7.05 Å². The van der Waals surface area contributed by atoms with Crippen LogP contribution in [0.3, 0.4) is 0 Å². The van der Waals surface area contributed by atoms with E-state index < -0.39 is 22.2 Å². The summed E-state index contributed by atoms with van der Waals surface area (Å²) in [5.74, 6) is 6.14. The normalized spacial score (nSPS) is 18.0. The lowest BCUT2D eigenvalue weighted by molar-refractivity contribution is 0.0941. The number of hydrogen-bond acceptors (Lipinski definition) is 7. The first-order valence-electron chi connectivity index (χ1n) is 16.4. The average molecular weight is 686 g/mol. The number of para-hydroxylation sites is 1. The van der Waals surface area contributed by atoms with Crippen molar-refractivity contribution in [2.45, 2.75) is 50.1 Å². The second-order valence-electron chi connectivity index (χ2n) is 13.1. The number of pyridine rings is 1. The summed E-state index contributed by atoms with van der Waals surface area (Å²) in [5, 5.41) is 13.1. The molecule has 0 aliphatic heterocycles. The molecule has 4 heterocycles. The standard InChI is InChI=1S/C36H31N9O4S/c1-20(39-35(46)31-33(40-44-16-6-15-37-34(31)44)42-50(48,49)41-23-12-13-23)32-30-27-17-26(27)25-14-11-22(10-9-21-18-38-43(2)19-21)28(29(25)30)36(47)45(32)24-7-4-3-5-8-24/h3-8,11,14-16,18-20,23,26-27,41H,12-13,17H2,1-2H3,(H,39,46)(H,40,42)/t20-,26+,27+/m1/s1. The van der Waals surface area contributed by atoms with Crippen LogP contribution in [0.25, 0.3) is 22.1 Å². The molecular weight excluding hydrogens is 655 g/mol. The Kier molecular flexibility index (Phi) is 6.74. The fourth-order valence-electron chi connectivity index (χ4n) is 7.21. The van der Waals surface area contributed by atoms with E-state index in [1.807, 2.05) is 56.6 Å². The van der Waals surface area contributed by atoms with Gasteiger partial charge >= 0.3 is 10.2 Å². The fraction of sp³-hybridized carbons (Fsp3) is 0.250. The Bertz CT molecular complexity index is 2630. The second kappa shape index (κ2) is 11.1. The largest absolute Gasteiger partial charge is 0.344 e. The molecule has 3 N–H and O–H groups in total. The zero-order chi connectivity index (χ0) is 34.3. The number of fused-ring (bicyclic) bond motifs is 4. The molecule has 14 heteroatoms. The van der Waals surface area contributed by atoms with Gasteiger partial charge in [-0.05, 0) is 78.8 Å². The van der Waals surface area contributed by atoms with Crippen LogP contribution in [0.1, 0.15) is 82.4 Å². The van der Waals surface area contributed by atoms with E-state index in [1.54, 1.807) is 27.7 Å². The number of rotatable bonds is 8. The Balaban J connectivity index is 1.18. The number of nitrogens with zero attached hydrogens (tertiary/aromatic N) is 6. The molecule has 3 atom stereocenters. The van der Waals surface area contributed by atoms with Gasteiger partial charge in [0, 0.05) is 42.9 Å². The van der Waals surface area contributed by atoms with Crippen molar-refractivity contribution in [1.82, 2.24) is 39.0 Å². The second-order valence-corrected chi connectivity index (χ2v) is 14.6. The van der Waals surface area contributed by atoms with Crippen molar-refractivity contribution in [3.05, 3.63) is 117 Å². The molecule has 6 aromatic rings. The molecule has 250 valence electrons. The predicted molar refractivity (Wildman–Crippen MR) is 186 cm³/mol. The summed E-state index contributed by atoms with van der Waals surface area (Å²) >= 11 is 0. The van der Waals surface area contributed by atoms with Gasteiger partial charge in [0.05, 0.1) is 28.9 Å². The molecule has 2 aromatic carbocycles. The van der Waals surface area contributed by atoms with Crippen molar-refractivity contribution in [3.63, 3.8) is 0 Å². The Morgan fingerprint density at radius 3 is 2.62 bits per heavy atom. The van der Waals surface area contributed by atoms with E-state index in [1.165, 1.54) is 10.7 Å². The molecule has 50 heavy (non-hydrogen) atoms. The maximum Gasteiger partial charge on any atom is 0.300 e. The summed E-state index contributed by atoms with van der Waals surface area (Å²) in [5.41, 5.74) is 4.77. The Morgan fingerprint density at radius 2 is 1.86 bits per heavy atom. The van der Waals surface area contributed by atoms with Crippen LogP contribution in [-0.4, -0.2) is 49.3 Å². The highest BCUT2D eigenvalue weighted by Crippen LogP contribution is 2.64. The SMILES string of the molecule is C[C@@H](NC(=O)c1c(NS(=O)(=O)NC2CC2)nn2cccnc12)c1c2c3c(ccc(C#Cc4cnn(C)c4)c3c(=O)n1-c1ccccc1)[C@@H]1C[C@H]21. The Morgan fingerprint density at radius 1 is 1.04 bits per heavy atom. The van der Waals surface area contributed by atoms with Gasteiger partial charge in [-0.2, -0.15) is 18.2 Å². The molecule has 0 unspecified atom stereocenters.